The van der Waals surface area contributed by atoms with Gasteiger partial charge in [0.2, 0.25) is 5.91 Å². The van der Waals surface area contributed by atoms with E-state index in [1.165, 1.54) is 4.90 Å². The number of hydrogen-bond acceptors (Lipinski definition) is 6. The summed E-state index contributed by atoms with van der Waals surface area (Å²) in [6, 6.07) is 12.0. The van der Waals surface area contributed by atoms with Crippen molar-refractivity contribution in [2.75, 3.05) is 32.8 Å². The highest BCUT2D eigenvalue weighted by Gasteiger charge is 2.34. The number of carbonyl (C=O) groups excluding carboxylic acids is 1. The van der Waals surface area contributed by atoms with Crippen molar-refractivity contribution in [3.05, 3.63) is 71.6 Å². The van der Waals surface area contributed by atoms with Crippen molar-refractivity contribution in [2.45, 2.75) is 39.4 Å². The van der Waals surface area contributed by atoms with Crippen molar-refractivity contribution in [1.29, 1.82) is 0 Å². The summed E-state index contributed by atoms with van der Waals surface area (Å²) in [6.45, 7) is 6.71. The Morgan fingerprint density at radius 2 is 1.88 bits per heavy atom. The minimum Gasteiger partial charge on any atom is -0.492 e. The number of rotatable bonds is 8. The van der Waals surface area contributed by atoms with E-state index in [2.05, 4.69) is 25.9 Å². The van der Waals surface area contributed by atoms with Crippen LogP contribution in [0, 0.1) is 6.92 Å². The fraction of sp³-hybridized carbons (Fsp3) is 0.379. The van der Waals surface area contributed by atoms with Crippen molar-refractivity contribution in [3.63, 3.8) is 0 Å². The van der Waals surface area contributed by atoms with Gasteiger partial charge in [-0.3, -0.25) is 19.7 Å². The van der Waals surface area contributed by atoms with Gasteiger partial charge < -0.3 is 14.6 Å². The number of halogens is 3. The Labute approximate surface area is 230 Å². The number of nitrogens with zero attached hydrogens (tertiary/aromatic N) is 5. The summed E-state index contributed by atoms with van der Waals surface area (Å²) in [5.41, 5.74) is 6.58. The molecule has 1 aliphatic rings. The lowest BCUT2D eigenvalue weighted by Crippen LogP contribution is -2.49. The Hall–Kier alpha value is -3.99. The smallest absolute Gasteiger partial charge is 0.397 e. The molecule has 0 saturated carbocycles. The molecule has 0 radical (unpaired) electrons. The van der Waals surface area contributed by atoms with Gasteiger partial charge in [0.15, 0.2) is 0 Å². The lowest BCUT2D eigenvalue weighted by atomic mass is 10.0. The summed E-state index contributed by atoms with van der Waals surface area (Å²) >= 11 is 0. The van der Waals surface area contributed by atoms with Gasteiger partial charge in [-0.2, -0.15) is 13.2 Å². The van der Waals surface area contributed by atoms with Gasteiger partial charge in [-0.15, -0.1) is 0 Å². The highest BCUT2D eigenvalue weighted by atomic mass is 19.4. The molecule has 1 aromatic carbocycles. The summed E-state index contributed by atoms with van der Waals surface area (Å²) in [5.74, 6) is 0.675. The maximum Gasteiger partial charge on any atom is 0.397 e. The van der Waals surface area contributed by atoms with Gasteiger partial charge in [0.1, 0.15) is 18.0 Å². The van der Waals surface area contributed by atoms with Crippen LogP contribution in [0.15, 0.2) is 48.8 Å². The summed E-state index contributed by atoms with van der Waals surface area (Å²) in [7, 11) is 0. The predicted octanol–water partition coefficient (Wildman–Crippen LogP) is 4.91. The average molecular weight is 553 g/mol. The van der Waals surface area contributed by atoms with Crippen LogP contribution in [-0.4, -0.2) is 74.6 Å². The first-order valence-electron chi connectivity index (χ1n) is 13.3. The second kappa shape index (κ2) is 11.6. The number of piperazine rings is 1. The zero-order valence-corrected chi connectivity index (χ0v) is 22.5. The molecule has 1 fully saturated rings. The summed E-state index contributed by atoms with van der Waals surface area (Å²) in [6.07, 6.45) is -1.84. The molecule has 4 heterocycles. The maximum absolute atomic E-state index is 12.5. The number of fused-ring (bicyclic) bond motifs is 1. The van der Waals surface area contributed by atoms with Crippen LogP contribution in [0.4, 0.5) is 13.2 Å². The molecule has 0 aliphatic carbocycles. The molecule has 0 atom stereocenters. The molecule has 1 N–H and O–H groups in total. The molecule has 1 saturated heterocycles. The van der Waals surface area contributed by atoms with Crippen LogP contribution in [0.2, 0.25) is 0 Å². The van der Waals surface area contributed by atoms with Gasteiger partial charge in [0, 0.05) is 62.3 Å². The summed E-state index contributed by atoms with van der Waals surface area (Å²) in [4.78, 5) is 32.3. The number of aromatic nitrogens is 4. The van der Waals surface area contributed by atoms with Crippen LogP contribution in [-0.2, 0) is 17.8 Å². The Morgan fingerprint density at radius 3 is 2.62 bits per heavy atom. The van der Waals surface area contributed by atoms with Crippen molar-refractivity contribution in [2.24, 2.45) is 0 Å². The molecule has 5 rings (SSSR count). The number of aryl methyl sites for hydroxylation is 1. The van der Waals surface area contributed by atoms with E-state index in [0.717, 1.165) is 50.7 Å². The molecule has 0 bridgehead atoms. The van der Waals surface area contributed by atoms with E-state index in [-0.39, 0.29) is 0 Å². The minimum atomic E-state index is -4.48. The summed E-state index contributed by atoms with van der Waals surface area (Å²) < 4.78 is 43.4. The molecule has 3 aromatic heterocycles. The Kier molecular flexibility index (Phi) is 8.02. The quantitative estimate of drug-likeness (QED) is 0.334. The third-order valence-corrected chi connectivity index (χ3v) is 6.86. The number of ether oxygens (including phenoxy) is 1. The lowest BCUT2D eigenvalue weighted by Gasteiger charge is -2.35. The van der Waals surface area contributed by atoms with E-state index in [9.17, 15) is 18.0 Å². The van der Waals surface area contributed by atoms with Gasteiger partial charge in [-0.05, 0) is 55.3 Å². The molecule has 11 heteroatoms. The fourth-order valence-corrected chi connectivity index (χ4v) is 4.95. The summed E-state index contributed by atoms with van der Waals surface area (Å²) in [5, 5.41) is 0. The standard InChI is InChI=1S/C29H31F3N6O2/c1-3-40-26-17-34-19(2)12-23(26)21-4-5-24-25(14-21)36-27(35-24)15-22-13-20(6-7-33-22)18-37-8-10-38(11-9-37)28(39)16-29(30,31)32/h4-7,12-14,17H,3,8-11,15-16,18H2,1-2H3,(H,35,36). The van der Waals surface area contributed by atoms with Crippen molar-refractivity contribution >= 4 is 16.9 Å². The van der Waals surface area contributed by atoms with Gasteiger partial charge in [0.25, 0.3) is 0 Å². The molecule has 40 heavy (non-hydrogen) atoms. The first kappa shape index (κ1) is 27.6. The zero-order chi connectivity index (χ0) is 28.3. The maximum atomic E-state index is 12.5. The van der Waals surface area contributed by atoms with Crippen LogP contribution in [0.3, 0.4) is 0 Å². The second-order valence-corrected chi connectivity index (χ2v) is 9.95. The normalized spacial score (nSPS) is 14.6. The van der Waals surface area contributed by atoms with Gasteiger partial charge in [-0.1, -0.05) is 6.07 Å². The number of nitrogens with one attached hydrogen (secondary N) is 1. The molecule has 0 spiro atoms. The molecule has 1 amide bonds. The minimum absolute atomic E-state index is 0.291. The van der Waals surface area contributed by atoms with E-state index in [1.807, 2.05) is 44.2 Å². The SMILES string of the molecule is CCOc1cnc(C)cc1-c1ccc2nc(Cc3cc(CN4CCN(C(=O)CC(F)(F)F)CC4)ccn3)[nH]c2c1. The number of alkyl halides is 3. The van der Waals surface area contributed by atoms with Crippen molar-refractivity contribution in [1.82, 2.24) is 29.7 Å². The van der Waals surface area contributed by atoms with Crippen LogP contribution in [0.25, 0.3) is 22.2 Å². The number of pyridine rings is 2. The van der Waals surface area contributed by atoms with Crippen molar-refractivity contribution in [3.8, 4) is 16.9 Å². The molecule has 1 aliphatic heterocycles. The molecular weight excluding hydrogens is 521 g/mol. The Balaban J connectivity index is 1.24. The fourth-order valence-electron chi connectivity index (χ4n) is 4.95. The molecular formula is C29H31F3N6O2. The third kappa shape index (κ3) is 6.77. The number of H-pyrrole nitrogens is 1. The van der Waals surface area contributed by atoms with Crippen LogP contribution < -0.4 is 4.74 Å². The topological polar surface area (TPSA) is 87.2 Å². The van der Waals surface area contributed by atoms with E-state index in [1.54, 1.807) is 12.4 Å². The Bertz CT molecular complexity index is 1490. The van der Waals surface area contributed by atoms with Crippen molar-refractivity contribution < 1.29 is 22.7 Å². The second-order valence-electron chi connectivity index (χ2n) is 9.95. The van der Waals surface area contributed by atoms with E-state index >= 15 is 0 Å². The van der Waals surface area contributed by atoms with Gasteiger partial charge in [-0.25, -0.2) is 4.98 Å². The number of amides is 1. The Morgan fingerprint density at radius 1 is 1.07 bits per heavy atom. The molecule has 8 nitrogen and oxygen atoms in total. The third-order valence-electron chi connectivity index (χ3n) is 6.86. The number of carbonyl (C=O) groups is 1. The van der Waals surface area contributed by atoms with E-state index in [0.29, 0.717) is 45.8 Å². The largest absolute Gasteiger partial charge is 0.492 e. The first-order valence-corrected chi connectivity index (χ1v) is 13.3. The lowest BCUT2D eigenvalue weighted by molar-refractivity contribution is -0.162. The number of benzene rings is 1. The highest BCUT2D eigenvalue weighted by Crippen LogP contribution is 2.32. The van der Waals surface area contributed by atoms with Crippen LogP contribution >= 0.6 is 0 Å². The first-order chi connectivity index (χ1) is 19.2. The predicted molar refractivity (Wildman–Crippen MR) is 145 cm³/mol. The monoisotopic (exact) mass is 552 g/mol. The molecule has 0 unspecified atom stereocenters. The number of aromatic amines is 1. The average Bonchev–Trinajstić information content (AvgIpc) is 3.31. The van der Waals surface area contributed by atoms with E-state index < -0.39 is 18.5 Å². The van der Waals surface area contributed by atoms with Crippen LogP contribution in [0.1, 0.15) is 36.1 Å². The van der Waals surface area contributed by atoms with E-state index in [4.69, 9.17) is 9.72 Å². The molecule has 4 aromatic rings. The zero-order valence-electron chi connectivity index (χ0n) is 22.5. The highest BCUT2D eigenvalue weighted by molar-refractivity contribution is 5.83. The number of hydrogen-bond donors (Lipinski definition) is 1. The van der Waals surface area contributed by atoms with Gasteiger partial charge in [0.05, 0.1) is 23.8 Å². The molecule has 210 valence electrons. The number of imidazole rings is 1. The van der Waals surface area contributed by atoms with Gasteiger partial charge >= 0.3 is 6.18 Å². The van der Waals surface area contributed by atoms with Crippen LogP contribution in [0.5, 0.6) is 5.75 Å².